The normalized spacial score (nSPS) is 19.1. The van der Waals surface area contributed by atoms with E-state index in [0.29, 0.717) is 5.69 Å². The molecule has 20 heavy (non-hydrogen) atoms. The van der Waals surface area contributed by atoms with Crippen molar-refractivity contribution < 1.29 is 4.79 Å². The maximum Gasteiger partial charge on any atom is 0.274 e. The number of hydrogen-bond donors (Lipinski definition) is 0. The van der Waals surface area contributed by atoms with Gasteiger partial charge in [0, 0.05) is 32.7 Å². The first kappa shape index (κ1) is 15.0. The van der Waals surface area contributed by atoms with Crippen molar-refractivity contribution in [1.82, 2.24) is 19.6 Å². The summed E-state index contributed by atoms with van der Waals surface area (Å²) in [6, 6.07) is 1.97. The molecule has 5 heteroatoms. The molecule has 112 valence electrons. The van der Waals surface area contributed by atoms with Crippen LogP contribution in [0.25, 0.3) is 0 Å². The minimum absolute atomic E-state index is 0.107. The molecule has 1 aromatic rings. The number of fused-ring (bicyclic) bond motifs is 1. The van der Waals surface area contributed by atoms with Crippen LogP contribution >= 0.6 is 0 Å². The molecule has 3 heterocycles. The van der Waals surface area contributed by atoms with Crippen molar-refractivity contribution in [3.63, 3.8) is 0 Å². The van der Waals surface area contributed by atoms with Crippen LogP contribution in [0.2, 0.25) is 0 Å². The van der Waals surface area contributed by atoms with Crippen LogP contribution < -0.4 is 0 Å². The monoisotopic (exact) mass is 278 g/mol. The zero-order chi connectivity index (χ0) is 14.5. The Labute approximate surface area is 121 Å². The summed E-state index contributed by atoms with van der Waals surface area (Å²) in [5.74, 6) is 0.107. The summed E-state index contributed by atoms with van der Waals surface area (Å²) in [6.45, 7) is 8.69. The molecule has 1 aromatic heterocycles. The molecule has 0 saturated carbocycles. The fourth-order valence-corrected chi connectivity index (χ4v) is 2.81. The van der Waals surface area contributed by atoms with Gasteiger partial charge in [-0.25, -0.2) is 0 Å². The third-order valence-corrected chi connectivity index (χ3v) is 3.82. The Hall–Kier alpha value is -1.36. The fraction of sp³-hybridized carbons (Fsp3) is 0.733. The van der Waals surface area contributed by atoms with Crippen LogP contribution in [-0.4, -0.2) is 52.2 Å². The molecule has 1 saturated heterocycles. The predicted octanol–water partition coefficient (Wildman–Crippen LogP) is 1.98. The summed E-state index contributed by atoms with van der Waals surface area (Å²) in [5.41, 5.74) is 1.79. The Balaban J connectivity index is 0.000000704. The Morgan fingerprint density at radius 2 is 1.80 bits per heavy atom. The van der Waals surface area contributed by atoms with Gasteiger partial charge in [0.2, 0.25) is 0 Å². The van der Waals surface area contributed by atoms with Crippen molar-refractivity contribution >= 4 is 5.91 Å². The van der Waals surface area contributed by atoms with E-state index in [-0.39, 0.29) is 5.91 Å². The number of aromatic nitrogens is 2. The van der Waals surface area contributed by atoms with Gasteiger partial charge < -0.3 is 9.80 Å². The average molecular weight is 278 g/mol. The van der Waals surface area contributed by atoms with Crippen molar-refractivity contribution in [3.05, 3.63) is 17.5 Å². The minimum Gasteiger partial charge on any atom is -0.337 e. The number of likely N-dealkylation sites (tertiary alicyclic amines) is 1. The van der Waals surface area contributed by atoms with E-state index >= 15 is 0 Å². The first-order chi connectivity index (χ1) is 9.74. The maximum atomic E-state index is 12.3. The van der Waals surface area contributed by atoms with Crippen LogP contribution in [0, 0.1) is 0 Å². The van der Waals surface area contributed by atoms with Crippen LogP contribution in [-0.2, 0) is 13.1 Å². The molecule has 0 aliphatic carbocycles. The second kappa shape index (κ2) is 6.88. The van der Waals surface area contributed by atoms with Crippen molar-refractivity contribution in [2.45, 2.75) is 46.2 Å². The van der Waals surface area contributed by atoms with E-state index in [0.717, 1.165) is 57.7 Å². The van der Waals surface area contributed by atoms with Gasteiger partial charge in [-0.15, -0.1) is 0 Å². The van der Waals surface area contributed by atoms with Gasteiger partial charge in [0.25, 0.3) is 5.91 Å². The highest BCUT2D eigenvalue weighted by atomic mass is 16.2. The standard InChI is InChI=1S/C13H20N4O.C2H6/c1-15-5-4-8-17-11(10-15)9-12(14-17)13(18)16-6-2-3-7-16;1-2/h9H,2-8,10H2,1H3;1-2H3. The highest BCUT2D eigenvalue weighted by Gasteiger charge is 2.23. The van der Waals surface area contributed by atoms with Crippen molar-refractivity contribution in [1.29, 1.82) is 0 Å². The quantitative estimate of drug-likeness (QED) is 0.789. The molecule has 3 rings (SSSR count). The summed E-state index contributed by atoms with van der Waals surface area (Å²) < 4.78 is 2.01. The first-order valence-corrected chi connectivity index (χ1v) is 7.78. The average Bonchev–Trinajstić information content (AvgIpc) is 3.08. The smallest absolute Gasteiger partial charge is 0.274 e. The highest BCUT2D eigenvalue weighted by molar-refractivity contribution is 5.92. The number of amides is 1. The molecule has 2 aliphatic rings. The molecule has 2 aliphatic heterocycles. The second-order valence-electron chi connectivity index (χ2n) is 5.33. The lowest BCUT2D eigenvalue weighted by Crippen LogP contribution is -2.28. The topological polar surface area (TPSA) is 41.4 Å². The molecule has 0 spiro atoms. The van der Waals surface area contributed by atoms with Gasteiger partial charge in [-0.2, -0.15) is 5.10 Å². The number of carbonyl (C=O) groups excluding carboxylic acids is 1. The number of carbonyl (C=O) groups is 1. The maximum absolute atomic E-state index is 12.3. The molecule has 0 aromatic carbocycles. The van der Waals surface area contributed by atoms with E-state index in [1.54, 1.807) is 0 Å². The fourth-order valence-electron chi connectivity index (χ4n) is 2.81. The molecule has 0 N–H and O–H groups in total. The highest BCUT2D eigenvalue weighted by Crippen LogP contribution is 2.16. The zero-order valence-corrected chi connectivity index (χ0v) is 12.9. The summed E-state index contributed by atoms with van der Waals surface area (Å²) in [6.07, 6.45) is 3.35. The van der Waals surface area contributed by atoms with Crippen molar-refractivity contribution in [3.8, 4) is 0 Å². The van der Waals surface area contributed by atoms with E-state index in [1.165, 1.54) is 0 Å². The lowest BCUT2D eigenvalue weighted by Gasteiger charge is -2.13. The van der Waals surface area contributed by atoms with E-state index in [9.17, 15) is 4.79 Å². The molecule has 5 nitrogen and oxygen atoms in total. The Morgan fingerprint density at radius 1 is 1.10 bits per heavy atom. The molecule has 0 radical (unpaired) electrons. The third kappa shape index (κ3) is 3.20. The van der Waals surface area contributed by atoms with Crippen LogP contribution in [0.15, 0.2) is 6.07 Å². The van der Waals surface area contributed by atoms with E-state index < -0.39 is 0 Å². The van der Waals surface area contributed by atoms with Crippen LogP contribution in [0.4, 0.5) is 0 Å². The Bertz CT molecular complexity index is 449. The summed E-state index contributed by atoms with van der Waals surface area (Å²) in [5, 5.41) is 4.49. The van der Waals surface area contributed by atoms with Crippen molar-refractivity contribution in [2.75, 3.05) is 26.7 Å². The largest absolute Gasteiger partial charge is 0.337 e. The Kier molecular flexibility index (Phi) is 5.17. The van der Waals surface area contributed by atoms with Crippen LogP contribution in [0.3, 0.4) is 0 Å². The van der Waals surface area contributed by atoms with Crippen LogP contribution in [0.5, 0.6) is 0 Å². The van der Waals surface area contributed by atoms with Gasteiger partial charge in [0.1, 0.15) is 0 Å². The molecular weight excluding hydrogens is 252 g/mol. The molecule has 1 fully saturated rings. The number of rotatable bonds is 1. The van der Waals surface area contributed by atoms with Crippen molar-refractivity contribution in [2.24, 2.45) is 0 Å². The van der Waals surface area contributed by atoms with Gasteiger partial charge in [-0.1, -0.05) is 13.8 Å². The summed E-state index contributed by atoms with van der Waals surface area (Å²) >= 11 is 0. The summed E-state index contributed by atoms with van der Waals surface area (Å²) in [4.78, 5) is 16.5. The van der Waals surface area contributed by atoms with E-state index in [2.05, 4.69) is 17.0 Å². The second-order valence-corrected chi connectivity index (χ2v) is 5.33. The van der Waals surface area contributed by atoms with Gasteiger partial charge in [-0.3, -0.25) is 9.48 Å². The summed E-state index contributed by atoms with van der Waals surface area (Å²) in [7, 11) is 2.12. The van der Waals surface area contributed by atoms with Gasteiger partial charge in [0.05, 0.1) is 5.69 Å². The lowest BCUT2D eigenvalue weighted by molar-refractivity contribution is 0.0786. The lowest BCUT2D eigenvalue weighted by atomic mass is 10.3. The number of aryl methyl sites for hydroxylation is 1. The SMILES string of the molecule is CC.CN1CCCn2nc(C(=O)N3CCCC3)cc2C1. The predicted molar refractivity (Wildman–Crippen MR) is 79.7 cm³/mol. The minimum atomic E-state index is 0.107. The molecule has 0 unspecified atom stereocenters. The molecule has 1 amide bonds. The van der Waals surface area contributed by atoms with E-state index in [1.807, 2.05) is 29.5 Å². The first-order valence-electron chi connectivity index (χ1n) is 7.78. The zero-order valence-electron chi connectivity index (χ0n) is 12.9. The van der Waals surface area contributed by atoms with E-state index in [4.69, 9.17) is 0 Å². The number of hydrogen-bond acceptors (Lipinski definition) is 3. The molecule has 0 atom stereocenters. The molecular formula is C15H26N4O. The van der Waals surface area contributed by atoms with Gasteiger partial charge in [0.15, 0.2) is 5.69 Å². The van der Waals surface area contributed by atoms with Crippen LogP contribution in [0.1, 0.15) is 49.3 Å². The van der Waals surface area contributed by atoms with Gasteiger partial charge >= 0.3 is 0 Å². The number of nitrogens with zero attached hydrogens (tertiary/aromatic N) is 4. The van der Waals surface area contributed by atoms with Gasteiger partial charge in [-0.05, 0) is 32.4 Å². The molecule has 0 bridgehead atoms. The third-order valence-electron chi connectivity index (χ3n) is 3.82. The Morgan fingerprint density at radius 3 is 2.50 bits per heavy atom.